The first-order chi connectivity index (χ1) is 11.1. The minimum Gasteiger partial charge on any atom is -0.377 e. The number of nitro groups is 1. The molecule has 5 heteroatoms. The molecule has 2 aromatic carbocycles. The zero-order chi connectivity index (χ0) is 16.0. The molecule has 0 saturated carbocycles. The summed E-state index contributed by atoms with van der Waals surface area (Å²) in [6.45, 7) is 0. The number of benzene rings is 2. The van der Waals surface area contributed by atoms with Crippen LogP contribution < -0.4 is 5.32 Å². The quantitative estimate of drug-likeness (QED) is 0.449. The Morgan fingerprint density at radius 3 is 2.87 bits per heavy atom. The highest BCUT2D eigenvalue weighted by Crippen LogP contribution is 2.51. The number of hydrogen-bond acceptors (Lipinski definition) is 3. The van der Waals surface area contributed by atoms with Gasteiger partial charge in [0.2, 0.25) is 0 Å². The average molecular weight is 371 g/mol. The van der Waals surface area contributed by atoms with E-state index in [0.29, 0.717) is 11.8 Å². The number of nitrogens with one attached hydrogen (secondary N) is 1. The van der Waals surface area contributed by atoms with Gasteiger partial charge in [0.15, 0.2) is 0 Å². The standard InChI is InChI=1S/C18H15BrN2O2/c19-16-9-3-8-15-13-6-2-7-14(13)17(20-18(15)16)11-4-1-5-12(10-11)21(22)23/h1-6,8-10,13-14,17,20H,7H2. The van der Waals surface area contributed by atoms with Crippen LogP contribution in [0.3, 0.4) is 0 Å². The monoisotopic (exact) mass is 370 g/mol. The van der Waals surface area contributed by atoms with Gasteiger partial charge in [-0.25, -0.2) is 0 Å². The molecule has 3 unspecified atom stereocenters. The maximum atomic E-state index is 11.1. The van der Waals surface area contributed by atoms with Crippen molar-refractivity contribution in [3.05, 3.63) is 80.3 Å². The van der Waals surface area contributed by atoms with Gasteiger partial charge in [-0.05, 0) is 45.5 Å². The zero-order valence-electron chi connectivity index (χ0n) is 12.3. The summed E-state index contributed by atoms with van der Waals surface area (Å²) >= 11 is 3.62. The number of allylic oxidation sites excluding steroid dienone is 2. The highest BCUT2D eigenvalue weighted by molar-refractivity contribution is 9.10. The molecule has 0 fully saturated rings. The minimum absolute atomic E-state index is 0.0705. The second-order valence-electron chi connectivity index (χ2n) is 6.03. The van der Waals surface area contributed by atoms with Crippen molar-refractivity contribution >= 4 is 27.3 Å². The molecule has 1 heterocycles. The Morgan fingerprint density at radius 1 is 1.22 bits per heavy atom. The average Bonchev–Trinajstić information content (AvgIpc) is 3.04. The van der Waals surface area contributed by atoms with Crippen LogP contribution in [0.15, 0.2) is 59.1 Å². The van der Waals surface area contributed by atoms with Gasteiger partial charge in [0.25, 0.3) is 5.69 Å². The van der Waals surface area contributed by atoms with Crippen LogP contribution in [0.1, 0.15) is 29.5 Å². The molecule has 4 rings (SSSR count). The normalized spacial score (nSPS) is 24.7. The highest BCUT2D eigenvalue weighted by Gasteiger charge is 2.38. The van der Waals surface area contributed by atoms with Crippen LogP contribution in [0.4, 0.5) is 11.4 Å². The van der Waals surface area contributed by atoms with Crippen molar-refractivity contribution in [3.63, 3.8) is 0 Å². The SMILES string of the molecule is O=[N+]([O-])c1cccc(C2Nc3c(Br)cccc3C3C=CCC32)c1. The van der Waals surface area contributed by atoms with Crippen molar-refractivity contribution in [2.45, 2.75) is 18.4 Å². The van der Waals surface area contributed by atoms with Gasteiger partial charge < -0.3 is 5.32 Å². The number of hydrogen-bond donors (Lipinski definition) is 1. The largest absolute Gasteiger partial charge is 0.377 e. The van der Waals surface area contributed by atoms with E-state index in [0.717, 1.165) is 22.1 Å². The Morgan fingerprint density at radius 2 is 2.04 bits per heavy atom. The summed E-state index contributed by atoms with van der Waals surface area (Å²) in [5, 5.41) is 14.7. The Bertz CT molecular complexity index is 818. The molecule has 1 N–H and O–H groups in total. The predicted octanol–water partition coefficient (Wildman–Crippen LogP) is 5.18. The second kappa shape index (κ2) is 5.49. The molecular weight excluding hydrogens is 356 g/mol. The van der Waals surface area contributed by atoms with E-state index in [2.05, 4.69) is 45.5 Å². The van der Waals surface area contributed by atoms with Crippen LogP contribution in [-0.4, -0.2) is 4.92 Å². The fourth-order valence-electron chi connectivity index (χ4n) is 3.75. The van der Waals surface area contributed by atoms with Crippen molar-refractivity contribution in [2.24, 2.45) is 5.92 Å². The summed E-state index contributed by atoms with van der Waals surface area (Å²) in [7, 11) is 0. The maximum Gasteiger partial charge on any atom is 0.269 e. The molecule has 3 atom stereocenters. The number of nitro benzene ring substituents is 1. The Balaban J connectivity index is 1.80. The fourth-order valence-corrected chi connectivity index (χ4v) is 4.24. The molecular formula is C18H15BrN2O2. The number of halogens is 1. The molecule has 0 spiro atoms. The fraction of sp³-hybridized carbons (Fsp3) is 0.222. The van der Waals surface area contributed by atoms with E-state index < -0.39 is 0 Å². The lowest BCUT2D eigenvalue weighted by Crippen LogP contribution is -2.29. The van der Waals surface area contributed by atoms with Gasteiger partial charge in [-0.3, -0.25) is 10.1 Å². The van der Waals surface area contributed by atoms with Crippen molar-refractivity contribution in [1.82, 2.24) is 0 Å². The molecule has 4 nitrogen and oxygen atoms in total. The number of rotatable bonds is 2. The summed E-state index contributed by atoms with van der Waals surface area (Å²) in [5.74, 6) is 0.742. The predicted molar refractivity (Wildman–Crippen MR) is 93.6 cm³/mol. The molecule has 2 aliphatic rings. The van der Waals surface area contributed by atoms with Crippen molar-refractivity contribution in [1.29, 1.82) is 0 Å². The molecule has 2 aromatic rings. The van der Waals surface area contributed by atoms with E-state index in [1.165, 1.54) is 5.56 Å². The van der Waals surface area contributed by atoms with Gasteiger partial charge in [-0.2, -0.15) is 0 Å². The molecule has 1 aliphatic heterocycles. The minimum atomic E-state index is -0.333. The van der Waals surface area contributed by atoms with E-state index in [1.54, 1.807) is 18.2 Å². The Hall–Kier alpha value is -2.14. The van der Waals surface area contributed by atoms with Crippen LogP contribution in [0, 0.1) is 16.0 Å². The molecule has 23 heavy (non-hydrogen) atoms. The maximum absolute atomic E-state index is 11.1. The number of para-hydroxylation sites is 1. The molecule has 0 saturated heterocycles. The van der Waals surface area contributed by atoms with E-state index in [4.69, 9.17) is 0 Å². The number of anilines is 1. The molecule has 0 amide bonds. The van der Waals surface area contributed by atoms with Crippen LogP contribution in [0.25, 0.3) is 0 Å². The van der Waals surface area contributed by atoms with Gasteiger partial charge >= 0.3 is 0 Å². The second-order valence-corrected chi connectivity index (χ2v) is 6.89. The van der Waals surface area contributed by atoms with E-state index in [1.807, 2.05) is 12.1 Å². The van der Waals surface area contributed by atoms with Crippen LogP contribution in [0.2, 0.25) is 0 Å². The van der Waals surface area contributed by atoms with E-state index >= 15 is 0 Å². The first kappa shape index (κ1) is 14.5. The molecule has 116 valence electrons. The summed E-state index contributed by atoms with van der Waals surface area (Å²) in [6, 6.07) is 13.3. The molecule has 1 aliphatic carbocycles. The summed E-state index contributed by atoms with van der Waals surface area (Å²) < 4.78 is 1.03. The van der Waals surface area contributed by atoms with Crippen LogP contribution in [-0.2, 0) is 0 Å². The van der Waals surface area contributed by atoms with Gasteiger partial charge in [-0.1, -0.05) is 36.4 Å². The number of fused-ring (bicyclic) bond motifs is 3. The molecule has 0 radical (unpaired) electrons. The van der Waals surface area contributed by atoms with Gasteiger partial charge in [-0.15, -0.1) is 0 Å². The smallest absolute Gasteiger partial charge is 0.269 e. The van der Waals surface area contributed by atoms with Crippen molar-refractivity contribution < 1.29 is 4.92 Å². The Kier molecular flexibility index (Phi) is 3.45. The Labute approximate surface area is 142 Å². The van der Waals surface area contributed by atoms with Crippen molar-refractivity contribution in [2.75, 3.05) is 5.32 Å². The zero-order valence-corrected chi connectivity index (χ0v) is 13.9. The molecule has 0 aromatic heterocycles. The lowest BCUT2D eigenvalue weighted by atomic mass is 9.77. The first-order valence-corrected chi connectivity index (χ1v) is 8.40. The third-order valence-corrected chi connectivity index (χ3v) is 5.45. The lowest BCUT2D eigenvalue weighted by molar-refractivity contribution is -0.384. The van der Waals surface area contributed by atoms with Gasteiger partial charge in [0, 0.05) is 22.5 Å². The van der Waals surface area contributed by atoms with Crippen LogP contribution in [0.5, 0.6) is 0 Å². The van der Waals surface area contributed by atoms with E-state index in [9.17, 15) is 10.1 Å². The third kappa shape index (κ3) is 2.36. The lowest BCUT2D eigenvalue weighted by Gasteiger charge is -2.38. The topological polar surface area (TPSA) is 55.2 Å². The van der Waals surface area contributed by atoms with E-state index in [-0.39, 0.29) is 16.7 Å². The summed E-state index contributed by atoms with van der Waals surface area (Å²) in [5.41, 5.74) is 3.50. The van der Waals surface area contributed by atoms with Crippen molar-refractivity contribution in [3.8, 4) is 0 Å². The van der Waals surface area contributed by atoms with Gasteiger partial charge in [0.05, 0.1) is 16.7 Å². The first-order valence-electron chi connectivity index (χ1n) is 7.61. The summed E-state index contributed by atoms with van der Waals surface area (Å²) in [4.78, 5) is 10.7. The summed E-state index contributed by atoms with van der Waals surface area (Å²) in [6.07, 6.45) is 5.47. The number of non-ortho nitro benzene ring substituents is 1. The van der Waals surface area contributed by atoms with Crippen LogP contribution >= 0.6 is 15.9 Å². The molecule has 0 bridgehead atoms. The third-order valence-electron chi connectivity index (χ3n) is 4.79. The van der Waals surface area contributed by atoms with Gasteiger partial charge in [0.1, 0.15) is 0 Å². The number of nitrogens with zero attached hydrogens (tertiary/aromatic N) is 1. The highest BCUT2D eigenvalue weighted by atomic mass is 79.9.